The zero-order valence-electron chi connectivity index (χ0n) is 11.4. The Kier molecular flexibility index (Phi) is 5.26. The van der Waals surface area contributed by atoms with Crippen LogP contribution in [0.3, 0.4) is 0 Å². The van der Waals surface area contributed by atoms with Gasteiger partial charge < -0.3 is 5.32 Å². The summed E-state index contributed by atoms with van der Waals surface area (Å²) < 4.78 is 0.905. The van der Waals surface area contributed by atoms with Gasteiger partial charge in [0.05, 0.1) is 10.9 Å². The largest absolute Gasteiger partial charge is 0.324 e. The van der Waals surface area contributed by atoms with E-state index < -0.39 is 0 Å². The summed E-state index contributed by atoms with van der Waals surface area (Å²) in [6.07, 6.45) is 0. The fourth-order valence-corrected chi connectivity index (χ4v) is 3.19. The minimum Gasteiger partial charge on any atom is -0.324 e. The highest BCUT2D eigenvalue weighted by Gasteiger charge is 2.15. The highest BCUT2D eigenvalue weighted by atomic mass is 79.9. The van der Waals surface area contributed by atoms with Crippen molar-refractivity contribution in [3.05, 3.63) is 58.6 Å². The van der Waals surface area contributed by atoms with Gasteiger partial charge in [-0.3, -0.25) is 4.79 Å². The van der Waals surface area contributed by atoms with E-state index in [9.17, 15) is 4.79 Å². The van der Waals surface area contributed by atoms with Gasteiger partial charge in [0.1, 0.15) is 0 Å². The van der Waals surface area contributed by atoms with Crippen molar-refractivity contribution in [1.82, 2.24) is 0 Å². The van der Waals surface area contributed by atoms with Crippen LogP contribution in [0.4, 0.5) is 5.69 Å². The molecule has 0 aliphatic rings. The Morgan fingerprint density at radius 3 is 2.55 bits per heavy atom. The van der Waals surface area contributed by atoms with Gasteiger partial charge in [0.2, 0.25) is 5.91 Å². The lowest BCUT2D eigenvalue weighted by Gasteiger charge is -2.13. The minimum absolute atomic E-state index is 0.00315. The molecule has 0 spiro atoms. The van der Waals surface area contributed by atoms with Crippen LogP contribution in [0.25, 0.3) is 0 Å². The molecule has 4 heteroatoms. The number of aryl methyl sites for hydroxylation is 1. The van der Waals surface area contributed by atoms with Gasteiger partial charge in [-0.1, -0.05) is 24.3 Å². The molecular formula is C16H16BrNOS. The van der Waals surface area contributed by atoms with E-state index in [4.69, 9.17) is 0 Å². The van der Waals surface area contributed by atoms with Crippen LogP contribution in [0.15, 0.2) is 57.9 Å². The summed E-state index contributed by atoms with van der Waals surface area (Å²) >= 11 is 5.02. The SMILES string of the molecule is Cc1ccc(NC(=O)C(C)Sc2ccccc2)c(Br)c1. The second-order valence-corrected chi connectivity index (χ2v) is 6.81. The average Bonchev–Trinajstić information content (AvgIpc) is 2.43. The first-order valence-electron chi connectivity index (χ1n) is 6.35. The van der Waals surface area contributed by atoms with E-state index in [-0.39, 0.29) is 11.2 Å². The molecule has 2 aromatic carbocycles. The molecule has 2 aromatic rings. The number of carbonyl (C=O) groups excluding carboxylic acids is 1. The maximum Gasteiger partial charge on any atom is 0.237 e. The van der Waals surface area contributed by atoms with Crippen LogP contribution >= 0.6 is 27.7 Å². The molecule has 2 rings (SSSR count). The standard InChI is InChI=1S/C16H16BrNOS/c1-11-8-9-15(14(17)10-11)18-16(19)12(2)20-13-6-4-3-5-7-13/h3-10,12H,1-2H3,(H,18,19). The topological polar surface area (TPSA) is 29.1 Å². The second kappa shape index (κ2) is 6.95. The Morgan fingerprint density at radius 2 is 1.90 bits per heavy atom. The molecule has 0 bridgehead atoms. The van der Waals surface area contributed by atoms with E-state index in [0.717, 1.165) is 20.6 Å². The monoisotopic (exact) mass is 349 g/mol. The van der Waals surface area contributed by atoms with Crippen molar-refractivity contribution in [3.8, 4) is 0 Å². The van der Waals surface area contributed by atoms with Crippen molar-refractivity contribution in [2.45, 2.75) is 24.0 Å². The highest BCUT2D eigenvalue weighted by Crippen LogP contribution is 2.26. The lowest BCUT2D eigenvalue weighted by Crippen LogP contribution is -2.22. The van der Waals surface area contributed by atoms with Crippen LogP contribution in [-0.2, 0) is 4.79 Å². The first-order valence-corrected chi connectivity index (χ1v) is 8.02. The number of anilines is 1. The quantitative estimate of drug-likeness (QED) is 0.797. The number of benzene rings is 2. The predicted octanol–water partition coefficient (Wildman–Crippen LogP) is 4.88. The molecule has 104 valence electrons. The van der Waals surface area contributed by atoms with Crippen LogP contribution in [0.5, 0.6) is 0 Å². The van der Waals surface area contributed by atoms with Gasteiger partial charge in [-0.2, -0.15) is 0 Å². The molecule has 1 atom stereocenters. The zero-order chi connectivity index (χ0) is 14.5. The minimum atomic E-state index is -0.148. The van der Waals surface area contributed by atoms with Crippen molar-refractivity contribution in [2.24, 2.45) is 0 Å². The Labute approximate surface area is 132 Å². The molecular weight excluding hydrogens is 334 g/mol. The number of hydrogen-bond acceptors (Lipinski definition) is 2. The molecule has 0 fully saturated rings. The first kappa shape index (κ1) is 15.1. The van der Waals surface area contributed by atoms with Crippen LogP contribution in [0, 0.1) is 6.92 Å². The molecule has 2 nitrogen and oxygen atoms in total. The number of nitrogens with one attached hydrogen (secondary N) is 1. The number of rotatable bonds is 4. The normalized spacial score (nSPS) is 11.9. The summed E-state index contributed by atoms with van der Waals surface area (Å²) in [6, 6.07) is 15.8. The maximum absolute atomic E-state index is 12.2. The Morgan fingerprint density at radius 1 is 1.20 bits per heavy atom. The Bertz CT molecular complexity index is 601. The fraction of sp³-hybridized carbons (Fsp3) is 0.188. The molecule has 0 heterocycles. The smallest absolute Gasteiger partial charge is 0.237 e. The van der Waals surface area contributed by atoms with E-state index in [2.05, 4.69) is 21.2 Å². The lowest BCUT2D eigenvalue weighted by atomic mass is 10.2. The third kappa shape index (κ3) is 4.12. The summed E-state index contributed by atoms with van der Waals surface area (Å²) in [5.41, 5.74) is 1.96. The fourth-order valence-electron chi connectivity index (χ4n) is 1.71. The summed E-state index contributed by atoms with van der Waals surface area (Å²) in [7, 11) is 0. The van der Waals surface area contributed by atoms with Crippen molar-refractivity contribution >= 4 is 39.3 Å². The number of hydrogen-bond donors (Lipinski definition) is 1. The van der Waals surface area contributed by atoms with E-state index in [1.54, 1.807) is 11.8 Å². The summed E-state index contributed by atoms with van der Waals surface area (Å²) in [5.74, 6) is 0.00315. The van der Waals surface area contributed by atoms with Gasteiger partial charge in [-0.25, -0.2) is 0 Å². The molecule has 0 radical (unpaired) electrons. The van der Waals surface area contributed by atoms with Crippen LogP contribution in [0.1, 0.15) is 12.5 Å². The first-order chi connectivity index (χ1) is 9.56. The number of amides is 1. The van der Waals surface area contributed by atoms with Crippen molar-refractivity contribution in [1.29, 1.82) is 0 Å². The molecule has 0 aliphatic heterocycles. The zero-order valence-corrected chi connectivity index (χ0v) is 13.8. The molecule has 0 saturated heterocycles. The van der Waals surface area contributed by atoms with Crippen molar-refractivity contribution < 1.29 is 4.79 Å². The maximum atomic E-state index is 12.2. The van der Waals surface area contributed by atoms with Gasteiger partial charge in [0.15, 0.2) is 0 Å². The predicted molar refractivity (Wildman–Crippen MR) is 89.3 cm³/mol. The summed E-state index contributed by atoms with van der Waals surface area (Å²) in [6.45, 7) is 3.93. The molecule has 0 aliphatic carbocycles. The van der Waals surface area contributed by atoms with Gasteiger partial charge in [0, 0.05) is 9.37 Å². The van der Waals surface area contributed by atoms with Gasteiger partial charge in [0.25, 0.3) is 0 Å². The number of halogens is 1. The summed E-state index contributed by atoms with van der Waals surface area (Å²) in [5, 5.41) is 2.80. The Balaban J connectivity index is 2.01. The van der Waals surface area contributed by atoms with Gasteiger partial charge >= 0.3 is 0 Å². The number of carbonyl (C=O) groups is 1. The van der Waals surface area contributed by atoms with Crippen molar-refractivity contribution in [3.63, 3.8) is 0 Å². The molecule has 1 amide bonds. The highest BCUT2D eigenvalue weighted by molar-refractivity contribution is 9.10. The van der Waals surface area contributed by atoms with E-state index >= 15 is 0 Å². The summed E-state index contributed by atoms with van der Waals surface area (Å²) in [4.78, 5) is 13.3. The third-order valence-electron chi connectivity index (χ3n) is 2.81. The molecule has 1 N–H and O–H groups in total. The van der Waals surface area contributed by atoms with Crippen LogP contribution < -0.4 is 5.32 Å². The molecule has 1 unspecified atom stereocenters. The van der Waals surface area contributed by atoms with Gasteiger partial charge in [-0.05, 0) is 59.6 Å². The Hall–Kier alpha value is -1.26. The number of thioether (sulfide) groups is 1. The van der Waals surface area contributed by atoms with Crippen LogP contribution in [-0.4, -0.2) is 11.2 Å². The average molecular weight is 350 g/mol. The van der Waals surface area contributed by atoms with Crippen molar-refractivity contribution in [2.75, 3.05) is 5.32 Å². The third-order valence-corrected chi connectivity index (χ3v) is 4.58. The van der Waals surface area contributed by atoms with E-state index in [0.29, 0.717) is 0 Å². The van der Waals surface area contributed by atoms with Crippen LogP contribution in [0.2, 0.25) is 0 Å². The second-order valence-electron chi connectivity index (χ2n) is 4.55. The van der Waals surface area contributed by atoms with E-state index in [1.165, 1.54) is 0 Å². The molecule has 0 aromatic heterocycles. The van der Waals surface area contributed by atoms with Gasteiger partial charge in [-0.15, -0.1) is 11.8 Å². The molecule has 20 heavy (non-hydrogen) atoms. The van der Waals surface area contributed by atoms with E-state index in [1.807, 2.05) is 62.4 Å². The molecule has 0 saturated carbocycles. The lowest BCUT2D eigenvalue weighted by molar-refractivity contribution is -0.115.